The van der Waals surface area contributed by atoms with E-state index in [1.54, 1.807) is 15.8 Å². The van der Waals surface area contributed by atoms with E-state index in [-0.39, 0.29) is 0 Å². The number of piperazine rings is 1. The third-order valence-electron chi connectivity index (χ3n) is 3.60. The van der Waals surface area contributed by atoms with Crippen LogP contribution < -0.4 is 5.32 Å². The minimum atomic E-state index is -3.31. The molecule has 0 saturated carbocycles. The summed E-state index contributed by atoms with van der Waals surface area (Å²) in [4.78, 5) is 3.79. The van der Waals surface area contributed by atoms with Crippen LogP contribution in [-0.2, 0) is 16.6 Å². The average Bonchev–Trinajstić information content (AvgIpc) is 2.94. The molecule has 0 spiro atoms. The molecule has 0 atom stereocenters. The van der Waals surface area contributed by atoms with Crippen LogP contribution in [0.5, 0.6) is 0 Å². The number of rotatable bonds is 6. The number of nitrogens with zero attached hydrogens (tertiary/aromatic N) is 2. The van der Waals surface area contributed by atoms with Crippen molar-refractivity contribution in [2.75, 3.05) is 39.3 Å². The van der Waals surface area contributed by atoms with Crippen LogP contribution in [0.25, 0.3) is 0 Å². The van der Waals surface area contributed by atoms with Gasteiger partial charge < -0.3 is 10.2 Å². The molecule has 0 aliphatic carbocycles. The number of hydrogen-bond donors (Lipinski definition) is 1. The summed E-state index contributed by atoms with van der Waals surface area (Å²) >= 11 is 1.51. The van der Waals surface area contributed by atoms with Gasteiger partial charge in [0, 0.05) is 43.0 Å². The van der Waals surface area contributed by atoms with Crippen LogP contribution in [0.15, 0.2) is 16.3 Å². The van der Waals surface area contributed by atoms with Gasteiger partial charge in [0.25, 0.3) is 0 Å². The van der Waals surface area contributed by atoms with E-state index in [0.29, 0.717) is 18.0 Å². The lowest BCUT2D eigenvalue weighted by atomic mass is 10.4. The fourth-order valence-electron chi connectivity index (χ4n) is 2.27. The van der Waals surface area contributed by atoms with Crippen LogP contribution in [0.3, 0.4) is 0 Å². The van der Waals surface area contributed by atoms with Gasteiger partial charge in [0.2, 0.25) is 10.0 Å². The number of nitrogens with one attached hydrogen (secondary N) is 1. The summed E-state index contributed by atoms with van der Waals surface area (Å²) in [5, 5.41) is 4.98. The highest BCUT2D eigenvalue weighted by Gasteiger charge is 2.28. The van der Waals surface area contributed by atoms with Gasteiger partial charge in [-0.25, -0.2) is 8.42 Å². The van der Waals surface area contributed by atoms with Crippen molar-refractivity contribution < 1.29 is 8.42 Å². The zero-order valence-electron chi connectivity index (χ0n) is 12.1. The minimum absolute atomic E-state index is 0.445. The Morgan fingerprint density at radius 3 is 2.55 bits per heavy atom. The molecule has 5 nitrogen and oxygen atoms in total. The normalized spacial score (nSPS) is 18.5. The van der Waals surface area contributed by atoms with Gasteiger partial charge in [-0.2, -0.15) is 4.31 Å². The zero-order chi connectivity index (χ0) is 14.6. The second kappa shape index (κ2) is 7.00. The van der Waals surface area contributed by atoms with Gasteiger partial charge in [-0.1, -0.05) is 13.8 Å². The summed E-state index contributed by atoms with van der Waals surface area (Å²) in [6.07, 6.45) is 0. The molecule has 1 N–H and O–H groups in total. The van der Waals surface area contributed by atoms with Gasteiger partial charge in [-0.05, 0) is 19.2 Å². The molecule has 2 heterocycles. The highest BCUT2D eigenvalue weighted by atomic mass is 32.2. The summed E-state index contributed by atoms with van der Waals surface area (Å²) in [6, 6.07) is 1.80. The maximum Gasteiger partial charge on any atom is 0.243 e. The molecule has 20 heavy (non-hydrogen) atoms. The van der Waals surface area contributed by atoms with E-state index in [0.717, 1.165) is 37.6 Å². The predicted molar refractivity (Wildman–Crippen MR) is 82.6 cm³/mol. The van der Waals surface area contributed by atoms with Crippen LogP contribution in [0.1, 0.15) is 18.7 Å². The van der Waals surface area contributed by atoms with Crippen LogP contribution in [0, 0.1) is 0 Å². The summed E-state index contributed by atoms with van der Waals surface area (Å²) in [5.41, 5.74) is 0. The molecule has 7 heteroatoms. The second-order valence-electron chi connectivity index (χ2n) is 4.87. The summed E-state index contributed by atoms with van der Waals surface area (Å²) < 4.78 is 26.7. The van der Waals surface area contributed by atoms with Gasteiger partial charge in [0.15, 0.2) is 0 Å². The van der Waals surface area contributed by atoms with E-state index in [9.17, 15) is 8.42 Å². The summed E-state index contributed by atoms with van der Waals surface area (Å²) in [5.74, 6) is 0. The van der Waals surface area contributed by atoms with E-state index >= 15 is 0 Å². The maximum atomic E-state index is 12.6. The molecule has 1 aromatic rings. The van der Waals surface area contributed by atoms with Crippen molar-refractivity contribution in [2.24, 2.45) is 0 Å². The first-order valence-electron chi connectivity index (χ1n) is 7.08. The first-order chi connectivity index (χ1) is 9.57. The zero-order valence-corrected chi connectivity index (χ0v) is 13.8. The monoisotopic (exact) mass is 317 g/mol. The Bertz CT molecular complexity index is 519. The second-order valence-corrected chi connectivity index (χ2v) is 7.80. The van der Waals surface area contributed by atoms with E-state index in [2.05, 4.69) is 17.1 Å². The van der Waals surface area contributed by atoms with Crippen LogP contribution in [0.4, 0.5) is 0 Å². The predicted octanol–water partition coefficient (Wildman–Crippen LogP) is 1.18. The molecule has 0 unspecified atom stereocenters. The quantitative estimate of drug-likeness (QED) is 0.856. The van der Waals surface area contributed by atoms with Crippen molar-refractivity contribution in [3.05, 3.63) is 16.3 Å². The lowest BCUT2D eigenvalue weighted by molar-refractivity contribution is 0.196. The third kappa shape index (κ3) is 3.59. The Labute approximate surface area is 125 Å². The first kappa shape index (κ1) is 15.9. The summed E-state index contributed by atoms with van der Waals surface area (Å²) in [6.45, 7) is 9.59. The molecule has 114 valence electrons. The molecule has 0 aromatic carbocycles. The van der Waals surface area contributed by atoms with Crippen LogP contribution >= 0.6 is 11.3 Å². The molecular weight excluding hydrogens is 294 g/mol. The number of thiophene rings is 1. The number of hydrogen-bond acceptors (Lipinski definition) is 5. The SMILES string of the molecule is CCNCc1cc(S(=O)(=O)N2CCN(CC)CC2)cs1. The Kier molecular flexibility index (Phi) is 5.57. The van der Waals surface area contributed by atoms with Crippen molar-refractivity contribution in [3.8, 4) is 0 Å². The highest BCUT2D eigenvalue weighted by Crippen LogP contribution is 2.23. The molecular formula is C13H23N3O2S2. The fraction of sp³-hybridized carbons (Fsp3) is 0.692. The van der Waals surface area contributed by atoms with Gasteiger partial charge in [-0.15, -0.1) is 11.3 Å². The smallest absolute Gasteiger partial charge is 0.243 e. The molecule has 2 rings (SSSR count). The van der Waals surface area contributed by atoms with E-state index < -0.39 is 10.0 Å². The molecule has 0 bridgehead atoms. The van der Waals surface area contributed by atoms with Crippen LogP contribution in [0.2, 0.25) is 0 Å². The Morgan fingerprint density at radius 1 is 1.25 bits per heavy atom. The maximum absolute atomic E-state index is 12.6. The molecule has 0 amide bonds. The van der Waals surface area contributed by atoms with Crippen LogP contribution in [-0.4, -0.2) is 56.9 Å². The standard InChI is InChI=1S/C13H23N3O2S2/c1-3-14-10-12-9-13(11-19-12)20(17,18)16-7-5-15(4-2)6-8-16/h9,11,14H,3-8,10H2,1-2H3. The molecule has 1 saturated heterocycles. The van der Waals surface area contributed by atoms with Gasteiger partial charge in [-0.3, -0.25) is 0 Å². The van der Waals surface area contributed by atoms with Crippen molar-refractivity contribution in [1.29, 1.82) is 0 Å². The van der Waals surface area contributed by atoms with Crippen molar-refractivity contribution in [3.63, 3.8) is 0 Å². The van der Waals surface area contributed by atoms with Crippen molar-refractivity contribution in [2.45, 2.75) is 25.3 Å². The minimum Gasteiger partial charge on any atom is -0.312 e. The lowest BCUT2D eigenvalue weighted by Gasteiger charge is -2.32. The molecule has 1 aliphatic heterocycles. The Hall–Kier alpha value is -0.470. The largest absolute Gasteiger partial charge is 0.312 e. The summed E-state index contributed by atoms with van der Waals surface area (Å²) in [7, 11) is -3.31. The van der Waals surface area contributed by atoms with E-state index in [1.807, 2.05) is 6.92 Å². The lowest BCUT2D eigenvalue weighted by Crippen LogP contribution is -2.48. The molecule has 1 fully saturated rings. The van der Waals surface area contributed by atoms with Crippen molar-refractivity contribution in [1.82, 2.24) is 14.5 Å². The fourth-order valence-corrected chi connectivity index (χ4v) is 4.93. The van der Waals surface area contributed by atoms with E-state index in [4.69, 9.17) is 0 Å². The topological polar surface area (TPSA) is 52.7 Å². The van der Waals surface area contributed by atoms with Gasteiger partial charge >= 0.3 is 0 Å². The van der Waals surface area contributed by atoms with Gasteiger partial charge in [0.1, 0.15) is 0 Å². The molecule has 1 aromatic heterocycles. The Morgan fingerprint density at radius 2 is 1.95 bits per heavy atom. The molecule has 1 aliphatic rings. The molecule has 0 radical (unpaired) electrons. The van der Waals surface area contributed by atoms with Crippen molar-refractivity contribution >= 4 is 21.4 Å². The van der Waals surface area contributed by atoms with E-state index in [1.165, 1.54) is 11.3 Å². The Balaban J connectivity index is 2.04. The average molecular weight is 317 g/mol. The number of likely N-dealkylation sites (N-methyl/N-ethyl adjacent to an activating group) is 1. The third-order valence-corrected chi connectivity index (χ3v) is 6.56. The number of sulfonamides is 1. The first-order valence-corrected chi connectivity index (χ1v) is 9.40. The highest BCUT2D eigenvalue weighted by molar-refractivity contribution is 7.89. The van der Waals surface area contributed by atoms with Gasteiger partial charge in [0.05, 0.1) is 4.90 Å².